The standard InChI is InChI=1S/C15H12BrClFNO/c1-2-9-8-10(16)6-7-13(9)19-15(20)14-11(17)4-3-5-12(14)18/h3-8H,2H2,1H3,(H,19,20). The van der Waals surface area contributed by atoms with E-state index in [4.69, 9.17) is 11.6 Å². The molecule has 2 rings (SSSR count). The average Bonchev–Trinajstić information content (AvgIpc) is 2.40. The van der Waals surface area contributed by atoms with E-state index in [1.165, 1.54) is 18.2 Å². The summed E-state index contributed by atoms with van der Waals surface area (Å²) in [7, 11) is 0. The zero-order valence-corrected chi connectivity index (χ0v) is 13.1. The highest BCUT2D eigenvalue weighted by molar-refractivity contribution is 9.10. The second kappa shape index (κ2) is 6.37. The van der Waals surface area contributed by atoms with E-state index in [0.717, 1.165) is 16.5 Å². The molecular weight excluding hydrogens is 345 g/mol. The molecule has 0 aliphatic carbocycles. The summed E-state index contributed by atoms with van der Waals surface area (Å²) in [5.41, 5.74) is 1.47. The number of amides is 1. The molecule has 2 nitrogen and oxygen atoms in total. The Morgan fingerprint density at radius 1 is 1.35 bits per heavy atom. The second-order valence-corrected chi connectivity index (χ2v) is 5.53. The Labute approximate surface area is 130 Å². The van der Waals surface area contributed by atoms with Crippen LogP contribution < -0.4 is 5.32 Å². The number of rotatable bonds is 3. The Bertz CT molecular complexity index is 640. The minimum Gasteiger partial charge on any atom is -0.322 e. The summed E-state index contributed by atoms with van der Waals surface area (Å²) >= 11 is 9.26. The van der Waals surface area contributed by atoms with E-state index in [-0.39, 0.29) is 10.6 Å². The van der Waals surface area contributed by atoms with Crippen LogP contribution >= 0.6 is 27.5 Å². The van der Waals surface area contributed by atoms with Gasteiger partial charge in [-0.25, -0.2) is 4.39 Å². The fraction of sp³-hybridized carbons (Fsp3) is 0.133. The van der Waals surface area contributed by atoms with Crippen molar-refractivity contribution in [3.8, 4) is 0 Å². The van der Waals surface area contributed by atoms with Crippen molar-refractivity contribution in [2.75, 3.05) is 5.32 Å². The summed E-state index contributed by atoms with van der Waals surface area (Å²) in [6.07, 6.45) is 0.750. The van der Waals surface area contributed by atoms with Crippen LogP contribution in [0.3, 0.4) is 0 Å². The van der Waals surface area contributed by atoms with Crippen LogP contribution in [0.15, 0.2) is 40.9 Å². The van der Waals surface area contributed by atoms with Crippen molar-refractivity contribution in [2.24, 2.45) is 0 Å². The Kier molecular flexibility index (Phi) is 4.78. The van der Waals surface area contributed by atoms with Gasteiger partial charge in [-0.2, -0.15) is 0 Å². The zero-order chi connectivity index (χ0) is 14.7. The van der Waals surface area contributed by atoms with Gasteiger partial charge < -0.3 is 5.32 Å². The first kappa shape index (κ1) is 15.0. The molecule has 0 saturated carbocycles. The minimum atomic E-state index is -0.634. The maximum atomic E-state index is 13.7. The lowest BCUT2D eigenvalue weighted by atomic mass is 10.1. The first-order valence-electron chi connectivity index (χ1n) is 6.06. The number of nitrogens with one attached hydrogen (secondary N) is 1. The molecule has 0 spiro atoms. The van der Waals surface area contributed by atoms with Crippen LogP contribution in [0.2, 0.25) is 5.02 Å². The van der Waals surface area contributed by atoms with E-state index in [1.807, 2.05) is 19.1 Å². The quantitative estimate of drug-likeness (QED) is 0.818. The molecule has 1 N–H and O–H groups in total. The third-order valence-corrected chi connectivity index (χ3v) is 3.69. The molecule has 2 aromatic rings. The molecule has 0 aliphatic heterocycles. The molecule has 0 aliphatic rings. The van der Waals surface area contributed by atoms with E-state index in [1.54, 1.807) is 6.07 Å². The number of benzene rings is 2. The van der Waals surface area contributed by atoms with Gasteiger partial charge in [-0.3, -0.25) is 4.79 Å². The van der Waals surface area contributed by atoms with Crippen LogP contribution in [0.5, 0.6) is 0 Å². The fourth-order valence-corrected chi connectivity index (χ4v) is 2.53. The third-order valence-electron chi connectivity index (χ3n) is 2.89. The average molecular weight is 357 g/mol. The SMILES string of the molecule is CCc1cc(Br)ccc1NC(=O)c1c(F)cccc1Cl. The molecule has 0 heterocycles. The summed E-state index contributed by atoms with van der Waals surface area (Å²) in [6, 6.07) is 9.67. The van der Waals surface area contributed by atoms with E-state index in [0.29, 0.717) is 5.69 Å². The first-order chi connectivity index (χ1) is 9.52. The summed E-state index contributed by atoms with van der Waals surface area (Å²) in [5.74, 6) is -1.18. The van der Waals surface area contributed by atoms with Gasteiger partial charge in [-0.05, 0) is 42.3 Å². The van der Waals surface area contributed by atoms with Crippen molar-refractivity contribution in [1.29, 1.82) is 0 Å². The van der Waals surface area contributed by atoms with E-state index in [2.05, 4.69) is 21.2 Å². The van der Waals surface area contributed by atoms with Crippen molar-refractivity contribution < 1.29 is 9.18 Å². The highest BCUT2D eigenvalue weighted by atomic mass is 79.9. The maximum Gasteiger partial charge on any atom is 0.260 e. The summed E-state index contributed by atoms with van der Waals surface area (Å²) in [4.78, 5) is 12.2. The van der Waals surface area contributed by atoms with Crippen LogP contribution in [0.25, 0.3) is 0 Å². The number of halogens is 3. The Morgan fingerprint density at radius 2 is 2.10 bits per heavy atom. The molecule has 0 atom stereocenters. The van der Waals surface area contributed by atoms with Crippen molar-refractivity contribution in [3.63, 3.8) is 0 Å². The number of carbonyl (C=O) groups is 1. The second-order valence-electron chi connectivity index (χ2n) is 4.21. The number of hydrogen-bond acceptors (Lipinski definition) is 1. The highest BCUT2D eigenvalue weighted by Gasteiger charge is 2.16. The zero-order valence-electron chi connectivity index (χ0n) is 10.7. The predicted octanol–water partition coefficient (Wildman–Crippen LogP) is 5.06. The maximum absolute atomic E-state index is 13.7. The fourth-order valence-electron chi connectivity index (χ4n) is 1.88. The van der Waals surface area contributed by atoms with Gasteiger partial charge in [0.05, 0.1) is 10.6 Å². The van der Waals surface area contributed by atoms with Crippen LogP contribution in [-0.4, -0.2) is 5.91 Å². The van der Waals surface area contributed by atoms with Gasteiger partial charge in [-0.1, -0.05) is 40.5 Å². The van der Waals surface area contributed by atoms with E-state index < -0.39 is 11.7 Å². The molecule has 0 saturated heterocycles. The molecular formula is C15H12BrClFNO. The Hall–Kier alpha value is -1.39. The van der Waals surface area contributed by atoms with Gasteiger partial charge in [0.1, 0.15) is 5.82 Å². The van der Waals surface area contributed by atoms with Crippen LogP contribution in [0.1, 0.15) is 22.8 Å². The summed E-state index contributed by atoms with van der Waals surface area (Å²) < 4.78 is 14.6. The topological polar surface area (TPSA) is 29.1 Å². The minimum absolute atomic E-state index is 0.0951. The molecule has 0 bridgehead atoms. The van der Waals surface area contributed by atoms with Gasteiger partial charge in [0.25, 0.3) is 5.91 Å². The van der Waals surface area contributed by atoms with Gasteiger partial charge in [0.2, 0.25) is 0 Å². The van der Waals surface area contributed by atoms with Crippen LogP contribution in [-0.2, 0) is 6.42 Å². The van der Waals surface area contributed by atoms with E-state index in [9.17, 15) is 9.18 Å². The molecule has 2 aromatic carbocycles. The number of aryl methyl sites for hydroxylation is 1. The molecule has 5 heteroatoms. The molecule has 0 aromatic heterocycles. The number of carbonyl (C=O) groups excluding carboxylic acids is 1. The van der Waals surface area contributed by atoms with Gasteiger partial charge in [-0.15, -0.1) is 0 Å². The number of anilines is 1. The first-order valence-corrected chi connectivity index (χ1v) is 7.23. The largest absolute Gasteiger partial charge is 0.322 e. The predicted molar refractivity (Wildman–Crippen MR) is 82.9 cm³/mol. The molecule has 0 fully saturated rings. The highest BCUT2D eigenvalue weighted by Crippen LogP contribution is 2.24. The monoisotopic (exact) mass is 355 g/mol. The molecule has 0 unspecified atom stereocenters. The van der Waals surface area contributed by atoms with Crippen molar-refractivity contribution in [1.82, 2.24) is 0 Å². The lowest BCUT2D eigenvalue weighted by Crippen LogP contribution is -2.15. The molecule has 20 heavy (non-hydrogen) atoms. The smallest absolute Gasteiger partial charge is 0.260 e. The van der Waals surface area contributed by atoms with Gasteiger partial charge in [0, 0.05) is 10.2 Å². The van der Waals surface area contributed by atoms with Crippen LogP contribution in [0.4, 0.5) is 10.1 Å². The van der Waals surface area contributed by atoms with Crippen LogP contribution in [0, 0.1) is 5.82 Å². The molecule has 0 radical (unpaired) electrons. The molecule has 104 valence electrons. The Balaban J connectivity index is 2.33. The summed E-state index contributed by atoms with van der Waals surface area (Å²) in [5, 5.41) is 2.80. The van der Waals surface area contributed by atoms with Gasteiger partial charge >= 0.3 is 0 Å². The van der Waals surface area contributed by atoms with Gasteiger partial charge in [0.15, 0.2) is 0 Å². The Morgan fingerprint density at radius 3 is 2.75 bits per heavy atom. The lowest BCUT2D eigenvalue weighted by Gasteiger charge is -2.11. The lowest BCUT2D eigenvalue weighted by molar-refractivity contribution is 0.102. The normalized spacial score (nSPS) is 10.4. The van der Waals surface area contributed by atoms with Crippen molar-refractivity contribution >= 4 is 39.1 Å². The third kappa shape index (κ3) is 3.19. The number of hydrogen-bond donors (Lipinski definition) is 1. The van der Waals surface area contributed by atoms with Crippen molar-refractivity contribution in [2.45, 2.75) is 13.3 Å². The molecule has 1 amide bonds. The van der Waals surface area contributed by atoms with Crippen molar-refractivity contribution in [3.05, 3.63) is 62.8 Å². The summed E-state index contributed by atoms with van der Waals surface area (Å²) in [6.45, 7) is 1.98. The van der Waals surface area contributed by atoms with E-state index >= 15 is 0 Å².